The van der Waals surface area contributed by atoms with Crippen LogP contribution in [0, 0.1) is 11.3 Å². The molecule has 0 unspecified atom stereocenters. The van der Waals surface area contributed by atoms with Gasteiger partial charge in [0.25, 0.3) is 0 Å². The van der Waals surface area contributed by atoms with Crippen LogP contribution in [0.25, 0.3) is 33.4 Å². The van der Waals surface area contributed by atoms with Gasteiger partial charge in [-0.05, 0) is 30.3 Å². The summed E-state index contributed by atoms with van der Waals surface area (Å²) in [7, 11) is 0. The second kappa shape index (κ2) is 7.93. The highest BCUT2D eigenvalue weighted by Crippen LogP contribution is 2.34. The number of rotatable bonds is 4. The van der Waals surface area contributed by atoms with Gasteiger partial charge >= 0.3 is 0 Å². The molecule has 5 rings (SSSR count). The van der Waals surface area contributed by atoms with Crippen molar-refractivity contribution in [3.63, 3.8) is 0 Å². The molecule has 7 heteroatoms. The van der Waals surface area contributed by atoms with Gasteiger partial charge in [0.2, 0.25) is 5.88 Å². The van der Waals surface area contributed by atoms with Crippen molar-refractivity contribution in [3.8, 4) is 34.5 Å². The number of ether oxygens (including phenoxy) is 2. The van der Waals surface area contributed by atoms with Gasteiger partial charge < -0.3 is 9.47 Å². The third-order valence-corrected chi connectivity index (χ3v) is 5.21. The first-order chi connectivity index (χ1) is 14.8. The second-order valence-electron chi connectivity index (χ2n) is 7.16. The fourth-order valence-corrected chi connectivity index (χ4v) is 3.67. The molecule has 1 aliphatic rings. The minimum Gasteiger partial charge on any atom is -0.474 e. The van der Waals surface area contributed by atoms with Crippen molar-refractivity contribution in [2.75, 3.05) is 13.2 Å². The van der Waals surface area contributed by atoms with Crippen LogP contribution in [0.3, 0.4) is 0 Å². The number of nitrogens with one attached hydrogen (secondary N) is 1. The first-order valence-corrected chi connectivity index (χ1v) is 9.86. The topological polar surface area (TPSA) is 96.7 Å². The third-order valence-electron chi connectivity index (χ3n) is 5.21. The zero-order chi connectivity index (χ0) is 20.3. The maximum atomic E-state index is 9.18. The summed E-state index contributed by atoms with van der Waals surface area (Å²) in [5.74, 6) is 0.577. The Balaban J connectivity index is 1.56. The van der Waals surface area contributed by atoms with Gasteiger partial charge in [-0.2, -0.15) is 10.4 Å². The highest BCUT2D eigenvalue weighted by Gasteiger charge is 2.20. The lowest BCUT2D eigenvalue weighted by molar-refractivity contribution is 0.0244. The Labute approximate surface area is 173 Å². The Morgan fingerprint density at radius 1 is 1.03 bits per heavy atom. The van der Waals surface area contributed by atoms with E-state index in [9.17, 15) is 5.26 Å². The Bertz CT molecular complexity index is 1240. The Morgan fingerprint density at radius 2 is 1.90 bits per heavy atom. The van der Waals surface area contributed by atoms with E-state index in [4.69, 9.17) is 9.47 Å². The van der Waals surface area contributed by atoms with Crippen LogP contribution in [-0.4, -0.2) is 39.5 Å². The first kappa shape index (κ1) is 18.3. The van der Waals surface area contributed by atoms with Gasteiger partial charge in [-0.1, -0.05) is 12.1 Å². The number of fused-ring (bicyclic) bond motifs is 1. The molecule has 4 heterocycles. The quantitative estimate of drug-likeness (QED) is 0.556. The van der Waals surface area contributed by atoms with Crippen LogP contribution in [0.2, 0.25) is 0 Å². The molecule has 1 N–H and O–H groups in total. The first-order valence-electron chi connectivity index (χ1n) is 9.86. The van der Waals surface area contributed by atoms with E-state index in [1.165, 1.54) is 0 Å². The lowest BCUT2D eigenvalue weighted by Crippen LogP contribution is -2.26. The van der Waals surface area contributed by atoms with Gasteiger partial charge in [0.1, 0.15) is 11.8 Å². The number of hydrogen-bond donors (Lipinski definition) is 1. The molecule has 3 aromatic heterocycles. The predicted molar refractivity (Wildman–Crippen MR) is 112 cm³/mol. The van der Waals surface area contributed by atoms with Gasteiger partial charge in [0.05, 0.1) is 41.4 Å². The normalized spacial score (nSPS) is 14.5. The molecular weight excluding hydrogens is 378 g/mol. The molecule has 1 aromatic carbocycles. The summed E-state index contributed by atoms with van der Waals surface area (Å²) >= 11 is 0. The van der Waals surface area contributed by atoms with Crippen molar-refractivity contribution in [2.24, 2.45) is 0 Å². The summed E-state index contributed by atoms with van der Waals surface area (Å²) in [4.78, 5) is 8.97. The largest absolute Gasteiger partial charge is 0.474 e. The summed E-state index contributed by atoms with van der Waals surface area (Å²) in [6.07, 6.45) is 5.25. The van der Waals surface area contributed by atoms with Gasteiger partial charge in [0, 0.05) is 36.4 Å². The smallest absolute Gasteiger partial charge is 0.225 e. The number of benzene rings is 1. The molecule has 148 valence electrons. The maximum Gasteiger partial charge on any atom is 0.225 e. The lowest BCUT2D eigenvalue weighted by atomic mass is 10.0. The molecule has 0 atom stereocenters. The molecule has 1 fully saturated rings. The van der Waals surface area contributed by atoms with E-state index < -0.39 is 0 Å². The number of hydrogen-bond acceptors (Lipinski definition) is 6. The predicted octanol–water partition coefficient (Wildman–Crippen LogP) is 4.12. The molecule has 0 amide bonds. The molecule has 30 heavy (non-hydrogen) atoms. The van der Waals surface area contributed by atoms with Gasteiger partial charge in [-0.15, -0.1) is 0 Å². The molecule has 0 aliphatic carbocycles. The zero-order valence-corrected chi connectivity index (χ0v) is 16.2. The summed E-state index contributed by atoms with van der Waals surface area (Å²) in [6, 6.07) is 15.4. The Morgan fingerprint density at radius 3 is 2.77 bits per heavy atom. The van der Waals surface area contributed by atoms with E-state index >= 15 is 0 Å². The van der Waals surface area contributed by atoms with Crippen molar-refractivity contribution < 1.29 is 9.47 Å². The van der Waals surface area contributed by atoms with Crippen LogP contribution >= 0.6 is 0 Å². The number of aromatic nitrogens is 4. The summed E-state index contributed by atoms with van der Waals surface area (Å²) in [5, 5.41) is 17.7. The molecule has 0 radical (unpaired) electrons. The SMILES string of the molecule is N#Cc1cccc(-c2cc(-c3n[nH]c4ccnc(OC5CCOCC5)c34)ccn2)c1. The average molecular weight is 397 g/mol. The number of aromatic amines is 1. The number of nitrogens with zero attached hydrogens (tertiary/aromatic N) is 4. The zero-order valence-electron chi connectivity index (χ0n) is 16.2. The molecule has 1 saturated heterocycles. The standard InChI is InChI=1S/C23H19N5O2/c24-14-15-2-1-3-16(12-15)20-13-17(4-8-25-20)22-21-19(27-28-22)5-9-26-23(21)30-18-6-10-29-11-7-18/h1-5,8-9,12-13,18H,6-7,10-11H2,(H,27,28). The average Bonchev–Trinajstić information content (AvgIpc) is 3.25. The molecule has 1 aliphatic heterocycles. The molecule has 0 saturated carbocycles. The van der Waals surface area contributed by atoms with Crippen LogP contribution in [-0.2, 0) is 4.74 Å². The second-order valence-corrected chi connectivity index (χ2v) is 7.16. The van der Waals surface area contributed by atoms with Gasteiger partial charge in [-0.25, -0.2) is 4.98 Å². The monoisotopic (exact) mass is 397 g/mol. The number of nitriles is 1. The number of H-pyrrole nitrogens is 1. The summed E-state index contributed by atoms with van der Waals surface area (Å²) < 4.78 is 11.7. The summed E-state index contributed by atoms with van der Waals surface area (Å²) in [6.45, 7) is 1.41. The third kappa shape index (κ3) is 3.49. The molecule has 7 nitrogen and oxygen atoms in total. The minimum absolute atomic E-state index is 0.0846. The Hall–Kier alpha value is -3.76. The van der Waals surface area contributed by atoms with Crippen molar-refractivity contribution >= 4 is 10.9 Å². The Kier molecular flexibility index (Phi) is 4.83. The van der Waals surface area contributed by atoms with Crippen LogP contribution in [0.4, 0.5) is 0 Å². The highest BCUT2D eigenvalue weighted by atomic mass is 16.5. The fourth-order valence-electron chi connectivity index (χ4n) is 3.67. The molecular formula is C23H19N5O2. The van der Waals surface area contributed by atoms with E-state index in [1.54, 1.807) is 18.5 Å². The lowest BCUT2D eigenvalue weighted by Gasteiger charge is -2.23. The van der Waals surface area contributed by atoms with Crippen LogP contribution < -0.4 is 4.74 Å². The highest BCUT2D eigenvalue weighted by molar-refractivity contribution is 5.96. The minimum atomic E-state index is 0.0846. The molecule has 4 aromatic rings. The van der Waals surface area contributed by atoms with Gasteiger partial charge in [-0.3, -0.25) is 10.1 Å². The molecule has 0 bridgehead atoms. The van der Waals surface area contributed by atoms with E-state index in [-0.39, 0.29) is 6.10 Å². The van der Waals surface area contributed by atoms with Crippen molar-refractivity contribution in [1.29, 1.82) is 5.26 Å². The van der Waals surface area contributed by atoms with Crippen molar-refractivity contribution in [2.45, 2.75) is 18.9 Å². The van der Waals surface area contributed by atoms with Crippen LogP contribution in [0.5, 0.6) is 5.88 Å². The van der Waals surface area contributed by atoms with Crippen LogP contribution in [0.1, 0.15) is 18.4 Å². The van der Waals surface area contributed by atoms with Crippen LogP contribution in [0.15, 0.2) is 54.9 Å². The fraction of sp³-hybridized carbons (Fsp3) is 0.217. The number of pyridine rings is 2. The van der Waals surface area contributed by atoms with E-state index in [0.717, 1.165) is 46.3 Å². The van der Waals surface area contributed by atoms with Gasteiger partial charge in [0.15, 0.2) is 0 Å². The van der Waals surface area contributed by atoms with Crippen molar-refractivity contribution in [3.05, 3.63) is 60.4 Å². The van der Waals surface area contributed by atoms with E-state index in [0.29, 0.717) is 24.7 Å². The maximum absolute atomic E-state index is 9.18. The summed E-state index contributed by atoms with van der Waals surface area (Å²) in [5.41, 5.74) is 4.79. The van der Waals surface area contributed by atoms with E-state index in [2.05, 4.69) is 26.2 Å². The molecule has 0 spiro atoms. The van der Waals surface area contributed by atoms with E-state index in [1.807, 2.05) is 36.4 Å². The van der Waals surface area contributed by atoms with Crippen molar-refractivity contribution in [1.82, 2.24) is 20.2 Å².